The number of carboxylic acid groups (broad SMARTS) is 1. The number of carbonyl (C=O) groups is 2. The third-order valence-corrected chi connectivity index (χ3v) is 6.02. The largest absolute Gasteiger partial charge is 0.481 e. The van der Waals surface area contributed by atoms with Crippen LogP contribution in [0.4, 0.5) is 0 Å². The number of likely N-dealkylation sites (tertiary alicyclic amines) is 1. The molecule has 1 aromatic carbocycles. The maximum atomic E-state index is 12.8. The van der Waals surface area contributed by atoms with E-state index in [0.717, 1.165) is 38.8 Å². The molecule has 2 fully saturated rings. The van der Waals surface area contributed by atoms with Crippen LogP contribution in [0.15, 0.2) is 30.3 Å². The van der Waals surface area contributed by atoms with Crippen molar-refractivity contribution in [2.75, 3.05) is 13.1 Å². The zero-order chi connectivity index (χ0) is 17.2. The van der Waals surface area contributed by atoms with Crippen molar-refractivity contribution in [3.63, 3.8) is 0 Å². The first-order valence-electron chi connectivity index (χ1n) is 9.07. The van der Waals surface area contributed by atoms with E-state index in [-0.39, 0.29) is 23.2 Å². The van der Waals surface area contributed by atoms with E-state index < -0.39 is 5.97 Å². The predicted octanol–water partition coefficient (Wildman–Crippen LogP) is 3.46. The number of aliphatic carboxylic acids is 1. The number of hydrogen-bond donors (Lipinski definition) is 1. The van der Waals surface area contributed by atoms with Crippen molar-refractivity contribution in [2.24, 2.45) is 11.8 Å². The van der Waals surface area contributed by atoms with Gasteiger partial charge in [-0.15, -0.1) is 0 Å². The summed E-state index contributed by atoms with van der Waals surface area (Å²) >= 11 is 0. The SMILES string of the molecule is CC1(c2ccccc2)CCN(C(=O)C2CCCC(C(=O)O)C2)CC1. The van der Waals surface area contributed by atoms with Crippen LogP contribution < -0.4 is 0 Å². The zero-order valence-corrected chi connectivity index (χ0v) is 14.4. The van der Waals surface area contributed by atoms with Crippen LogP contribution in [0.2, 0.25) is 0 Å². The number of carbonyl (C=O) groups excluding carboxylic acids is 1. The smallest absolute Gasteiger partial charge is 0.306 e. The molecule has 1 heterocycles. The average molecular weight is 329 g/mol. The van der Waals surface area contributed by atoms with Crippen molar-refractivity contribution in [3.05, 3.63) is 35.9 Å². The van der Waals surface area contributed by atoms with Gasteiger partial charge in [0.1, 0.15) is 0 Å². The second-order valence-electron chi connectivity index (χ2n) is 7.65. The minimum Gasteiger partial charge on any atom is -0.481 e. The van der Waals surface area contributed by atoms with E-state index >= 15 is 0 Å². The number of hydrogen-bond acceptors (Lipinski definition) is 2. The predicted molar refractivity (Wildman–Crippen MR) is 92.7 cm³/mol. The molecule has 0 bridgehead atoms. The molecule has 2 atom stereocenters. The summed E-state index contributed by atoms with van der Waals surface area (Å²) in [6.45, 7) is 3.84. The molecule has 130 valence electrons. The van der Waals surface area contributed by atoms with Crippen molar-refractivity contribution in [3.8, 4) is 0 Å². The Morgan fingerprint density at radius 1 is 1.08 bits per heavy atom. The molecule has 4 heteroatoms. The summed E-state index contributed by atoms with van der Waals surface area (Å²) < 4.78 is 0. The van der Waals surface area contributed by atoms with Crippen molar-refractivity contribution >= 4 is 11.9 Å². The summed E-state index contributed by atoms with van der Waals surface area (Å²) in [5, 5.41) is 9.22. The fraction of sp³-hybridized carbons (Fsp3) is 0.600. The zero-order valence-electron chi connectivity index (χ0n) is 14.4. The highest BCUT2D eigenvalue weighted by atomic mass is 16.4. The highest BCUT2D eigenvalue weighted by Gasteiger charge is 2.37. The number of piperidine rings is 1. The van der Waals surface area contributed by atoms with Gasteiger partial charge in [0.05, 0.1) is 5.92 Å². The first kappa shape index (κ1) is 17.0. The Bertz CT molecular complexity index is 590. The van der Waals surface area contributed by atoms with E-state index in [2.05, 4.69) is 31.2 Å². The van der Waals surface area contributed by atoms with Crippen LogP contribution in [0.3, 0.4) is 0 Å². The van der Waals surface area contributed by atoms with Crippen molar-refractivity contribution in [2.45, 2.75) is 50.9 Å². The lowest BCUT2D eigenvalue weighted by Crippen LogP contribution is -2.47. The minimum atomic E-state index is -0.747. The molecule has 1 amide bonds. The Labute approximate surface area is 143 Å². The standard InChI is InChI=1S/C20H27NO3/c1-20(17-8-3-2-4-9-17)10-12-21(13-11-20)18(22)15-6-5-7-16(14-15)19(23)24/h2-4,8-9,15-16H,5-7,10-14H2,1H3,(H,23,24). The fourth-order valence-electron chi connectivity index (χ4n) is 4.25. The number of rotatable bonds is 3. The Balaban J connectivity index is 1.60. The van der Waals surface area contributed by atoms with E-state index in [0.29, 0.717) is 12.8 Å². The normalized spacial score (nSPS) is 26.8. The van der Waals surface area contributed by atoms with Crippen LogP contribution in [-0.2, 0) is 15.0 Å². The molecule has 1 saturated carbocycles. The van der Waals surface area contributed by atoms with Crippen LogP contribution in [0.5, 0.6) is 0 Å². The van der Waals surface area contributed by atoms with E-state index in [4.69, 9.17) is 0 Å². The summed E-state index contributed by atoms with van der Waals surface area (Å²) in [6, 6.07) is 10.5. The van der Waals surface area contributed by atoms with Crippen LogP contribution in [0, 0.1) is 11.8 Å². The number of carboxylic acids is 1. The van der Waals surface area contributed by atoms with Gasteiger partial charge in [0.25, 0.3) is 0 Å². The Kier molecular flexibility index (Phi) is 4.93. The summed E-state index contributed by atoms with van der Waals surface area (Å²) in [5.74, 6) is -1.01. The first-order valence-corrected chi connectivity index (χ1v) is 9.07. The van der Waals surface area contributed by atoms with Crippen LogP contribution >= 0.6 is 0 Å². The lowest BCUT2D eigenvalue weighted by atomic mass is 9.74. The van der Waals surface area contributed by atoms with Crippen LogP contribution in [-0.4, -0.2) is 35.0 Å². The quantitative estimate of drug-likeness (QED) is 0.924. The maximum absolute atomic E-state index is 12.8. The molecule has 1 aliphatic carbocycles. The summed E-state index contributed by atoms with van der Waals surface area (Å²) in [7, 11) is 0. The molecule has 1 aliphatic heterocycles. The lowest BCUT2D eigenvalue weighted by molar-refractivity contribution is -0.145. The molecule has 3 rings (SSSR count). The molecule has 2 unspecified atom stereocenters. The second-order valence-corrected chi connectivity index (χ2v) is 7.65. The molecule has 1 saturated heterocycles. The van der Waals surface area contributed by atoms with E-state index in [1.807, 2.05) is 11.0 Å². The van der Waals surface area contributed by atoms with Crippen molar-refractivity contribution in [1.82, 2.24) is 4.90 Å². The molecule has 1 aromatic rings. The number of benzene rings is 1. The van der Waals surface area contributed by atoms with Gasteiger partial charge < -0.3 is 10.0 Å². The Hall–Kier alpha value is -1.84. The monoisotopic (exact) mass is 329 g/mol. The van der Waals surface area contributed by atoms with Crippen LogP contribution in [0.1, 0.15) is 51.0 Å². The molecule has 0 aromatic heterocycles. The number of amides is 1. The topological polar surface area (TPSA) is 57.6 Å². The van der Waals surface area contributed by atoms with Gasteiger partial charge in [-0.2, -0.15) is 0 Å². The third-order valence-electron chi connectivity index (χ3n) is 6.02. The van der Waals surface area contributed by atoms with E-state index in [9.17, 15) is 14.7 Å². The maximum Gasteiger partial charge on any atom is 0.306 e. The third kappa shape index (κ3) is 3.47. The fourth-order valence-corrected chi connectivity index (χ4v) is 4.25. The molecular formula is C20H27NO3. The highest BCUT2D eigenvalue weighted by molar-refractivity contribution is 5.80. The molecule has 1 N–H and O–H groups in total. The molecule has 0 spiro atoms. The van der Waals surface area contributed by atoms with E-state index in [1.54, 1.807) is 0 Å². The van der Waals surface area contributed by atoms with Gasteiger partial charge in [0.2, 0.25) is 5.91 Å². The Morgan fingerprint density at radius 2 is 1.71 bits per heavy atom. The van der Waals surface area contributed by atoms with Gasteiger partial charge in [-0.3, -0.25) is 9.59 Å². The molecular weight excluding hydrogens is 302 g/mol. The van der Waals surface area contributed by atoms with Gasteiger partial charge >= 0.3 is 5.97 Å². The first-order chi connectivity index (χ1) is 11.5. The van der Waals surface area contributed by atoms with Gasteiger partial charge in [-0.05, 0) is 43.1 Å². The summed E-state index contributed by atoms with van der Waals surface area (Å²) in [5.41, 5.74) is 1.48. The molecule has 2 aliphatic rings. The van der Waals surface area contributed by atoms with Crippen molar-refractivity contribution in [1.29, 1.82) is 0 Å². The molecule has 24 heavy (non-hydrogen) atoms. The highest BCUT2D eigenvalue weighted by Crippen LogP contribution is 2.37. The van der Waals surface area contributed by atoms with E-state index in [1.165, 1.54) is 5.56 Å². The average Bonchev–Trinajstić information content (AvgIpc) is 2.62. The van der Waals surface area contributed by atoms with Gasteiger partial charge in [-0.25, -0.2) is 0 Å². The molecule has 0 radical (unpaired) electrons. The van der Waals surface area contributed by atoms with Crippen LogP contribution in [0.25, 0.3) is 0 Å². The van der Waals surface area contributed by atoms with Gasteiger partial charge in [0.15, 0.2) is 0 Å². The Morgan fingerprint density at radius 3 is 2.33 bits per heavy atom. The van der Waals surface area contributed by atoms with Gasteiger partial charge in [-0.1, -0.05) is 43.7 Å². The summed E-state index contributed by atoms with van der Waals surface area (Å²) in [6.07, 6.45) is 4.86. The molecule has 4 nitrogen and oxygen atoms in total. The number of nitrogens with zero attached hydrogens (tertiary/aromatic N) is 1. The lowest BCUT2D eigenvalue weighted by Gasteiger charge is -2.41. The minimum absolute atomic E-state index is 0.0964. The van der Waals surface area contributed by atoms with Gasteiger partial charge in [0, 0.05) is 19.0 Å². The second kappa shape index (κ2) is 6.96. The summed E-state index contributed by atoms with van der Waals surface area (Å²) in [4.78, 5) is 26.0. The van der Waals surface area contributed by atoms with Crippen molar-refractivity contribution < 1.29 is 14.7 Å².